The van der Waals surface area contributed by atoms with Crippen LogP contribution < -0.4 is 9.47 Å². The zero-order valence-corrected chi connectivity index (χ0v) is 15.2. The van der Waals surface area contributed by atoms with Crippen molar-refractivity contribution in [2.75, 3.05) is 13.2 Å². The summed E-state index contributed by atoms with van der Waals surface area (Å²) in [6, 6.07) is 0. The molecule has 2 heteroatoms. The molecule has 1 aromatic carbocycles. The van der Waals surface area contributed by atoms with Crippen LogP contribution >= 0.6 is 0 Å². The van der Waals surface area contributed by atoms with E-state index in [9.17, 15) is 0 Å². The zero-order chi connectivity index (χ0) is 16.3. The van der Waals surface area contributed by atoms with E-state index in [4.69, 9.17) is 9.47 Å². The molecule has 0 unspecified atom stereocenters. The molecule has 2 fully saturated rings. The number of benzene rings is 1. The normalized spacial score (nSPS) is 32.4. The third-order valence-corrected chi connectivity index (χ3v) is 7.22. The maximum absolute atomic E-state index is 6.39. The molecule has 0 aromatic heterocycles. The van der Waals surface area contributed by atoms with Gasteiger partial charge in [0, 0.05) is 22.3 Å². The van der Waals surface area contributed by atoms with Crippen molar-refractivity contribution in [3.8, 4) is 11.5 Å². The fourth-order valence-electron chi connectivity index (χ4n) is 6.34. The van der Waals surface area contributed by atoms with E-state index < -0.39 is 0 Å². The van der Waals surface area contributed by atoms with Gasteiger partial charge in [-0.25, -0.2) is 0 Å². The molecule has 0 aliphatic heterocycles. The average Bonchev–Trinajstić information content (AvgIpc) is 2.65. The Morgan fingerprint density at radius 3 is 1.00 bits per heavy atom. The molecule has 0 radical (unpaired) electrons. The minimum absolute atomic E-state index is 0.719. The second-order valence-electron chi connectivity index (χ2n) is 8.28. The Kier molecular flexibility index (Phi) is 3.57. The lowest BCUT2D eigenvalue weighted by Crippen LogP contribution is -2.30. The van der Waals surface area contributed by atoms with E-state index in [2.05, 4.69) is 13.8 Å². The number of hydrogen-bond donors (Lipinski definition) is 0. The summed E-state index contributed by atoms with van der Waals surface area (Å²) in [4.78, 5) is 0. The van der Waals surface area contributed by atoms with Gasteiger partial charge in [0.2, 0.25) is 0 Å². The highest BCUT2D eigenvalue weighted by Gasteiger charge is 2.45. The van der Waals surface area contributed by atoms with Gasteiger partial charge in [-0.15, -0.1) is 0 Å². The Labute approximate surface area is 145 Å². The van der Waals surface area contributed by atoms with Gasteiger partial charge >= 0.3 is 0 Å². The van der Waals surface area contributed by atoms with Crippen molar-refractivity contribution in [3.05, 3.63) is 22.3 Å². The molecule has 24 heavy (non-hydrogen) atoms. The molecule has 0 heterocycles. The second kappa shape index (κ2) is 5.68. The molecule has 0 atom stereocenters. The fourth-order valence-corrected chi connectivity index (χ4v) is 6.34. The summed E-state index contributed by atoms with van der Waals surface area (Å²) in [5, 5.41) is 0. The molecule has 2 nitrogen and oxygen atoms in total. The Morgan fingerprint density at radius 1 is 0.542 bits per heavy atom. The van der Waals surface area contributed by atoms with Gasteiger partial charge in [-0.2, -0.15) is 0 Å². The topological polar surface area (TPSA) is 18.5 Å². The summed E-state index contributed by atoms with van der Waals surface area (Å²) in [6.07, 6.45) is 10.9. The summed E-state index contributed by atoms with van der Waals surface area (Å²) < 4.78 is 12.8. The van der Waals surface area contributed by atoms with Crippen molar-refractivity contribution in [2.45, 2.75) is 88.9 Å². The molecule has 0 saturated heterocycles. The highest BCUT2D eigenvalue weighted by molar-refractivity contribution is 5.66. The zero-order valence-electron chi connectivity index (χ0n) is 15.2. The molecule has 6 aliphatic rings. The lowest BCUT2D eigenvalue weighted by molar-refractivity contribution is 0.260. The molecule has 6 aliphatic carbocycles. The summed E-state index contributed by atoms with van der Waals surface area (Å²) in [5.74, 6) is 5.51. The third-order valence-electron chi connectivity index (χ3n) is 7.22. The molecule has 0 amide bonds. The van der Waals surface area contributed by atoms with Gasteiger partial charge in [-0.1, -0.05) is 0 Å². The van der Waals surface area contributed by atoms with Crippen molar-refractivity contribution in [2.24, 2.45) is 0 Å². The van der Waals surface area contributed by atoms with Crippen molar-refractivity contribution in [3.63, 3.8) is 0 Å². The molecule has 0 N–H and O–H groups in total. The van der Waals surface area contributed by atoms with Crippen molar-refractivity contribution >= 4 is 0 Å². The molecule has 2 saturated carbocycles. The van der Waals surface area contributed by atoms with Crippen molar-refractivity contribution in [1.29, 1.82) is 0 Å². The Morgan fingerprint density at radius 2 is 0.792 bits per heavy atom. The number of ether oxygens (including phenoxy) is 2. The van der Waals surface area contributed by atoms with Gasteiger partial charge in [0.05, 0.1) is 13.2 Å². The highest BCUT2D eigenvalue weighted by Crippen LogP contribution is 2.63. The van der Waals surface area contributed by atoms with Crippen LogP contribution in [0.5, 0.6) is 11.5 Å². The quantitative estimate of drug-likeness (QED) is 0.676. The van der Waals surface area contributed by atoms with E-state index in [0.29, 0.717) is 0 Å². The van der Waals surface area contributed by atoms with Crippen LogP contribution in [0.25, 0.3) is 0 Å². The first-order valence-electron chi connectivity index (χ1n) is 10.3. The molecule has 130 valence electrons. The average molecular weight is 326 g/mol. The maximum Gasteiger partial charge on any atom is 0.127 e. The standard InChI is InChI=1S/C22H30O2/c1-3-23-21-17-13-5-9-15(10-6-13)19(17)22(24-4-2)20-16-11-7-14(8-12-16)18(20)21/h13-16H,3-12H2,1-2H3. The monoisotopic (exact) mass is 326 g/mol. The van der Waals surface area contributed by atoms with Crippen LogP contribution in [0.4, 0.5) is 0 Å². The Bertz CT molecular complexity index is 540. The van der Waals surface area contributed by atoms with E-state index in [1.807, 2.05) is 0 Å². The number of rotatable bonds is 4. The fraction of sp³-hybridized carbons (Fsp3) is 0.727. The molecule has 7 rings (SSSR count). The smallest absolute Gasteiger partial charge is 0.127 e. The predicted octanol–water partition coefficient (Wildman–Crippen LogP) is 5.99. The van der Waals surface area contributed by atoms with Crippen LogP contribution in [0.1, 0.15) is 111 Å². The van der Waals surface area contributed by atoms with E-state index >= 15 is 0 Å². The number of fused-ring (bicyclic) bond motifs is 4. The minimum atomic E-state index is 0.719. The molecule has 1 aromatic rings. The molecule has 4 bridgehead atoms. The predicted molar refractivity (Wildman–Crippen MR) is 96.7 cm³/mol. The first kappa shape index (κ1) is 15.1. The SMILES string of the molecule is CCOc1c2c(c(OCC)c3c1C1CCC3CC1)C1CCC2CC1. The van der Waals surface area contributed by atoms with Gasteiger partial charge in [-0.05, 0) is 88.9 Å². The molecular formula is C22H30O2. The lowest BCUT2D eigenvalue weighted by Gasteiger charge is -2.46. The highest BCUT2D eigenvalue weighted by atomic mass is 16.5. The molecular weight excluding hydrogens is 296 g/mol. The van der Waals surface area contributed by atoms with Crippen LogP contribution in [0.2, 0.25) is 0 Å². The van der Waals surface area contributed by atoms with Crippen LogP contribution in [0, 0.1) is 0 Å². The third kappa shape index (κ3) is 1.95. The largest absolute Gasteiger partial charge is 0.493 e. The Hall–Kier alpha value is -1.18. The van der Waals surface area contributed by atoms with E-state index in [0.717, 1.165) is 36.9 Å². The van der Waals surface area contributed by atoms with E-state index in [1.165, 1.54) is 62.9 Å². The summed E-state index contributed by atoms with van der Waals surface area (Å²) in [5.41, 5.74) is 6.31. The van der Waals surface area contributed by atoms with Gasteiger partial charge in [0.15, 0.2) is 0 Å². The van der Waals surface area contributed by atoms with E-state index in [1.54, 1.807) is 22.3 Å². The van der Waals surface area contributed by atoms with Gasteiger partial charge in [0.25, 0.3) is 0 Å². The lowest BCUT2D eigenvalue weighted by atomic mass is 9.60. The van der Waals surface area contributed by atoms with Crippen LogP contribution in [-0.2, 0) is 0 Å². The number of hydrogen-bond acceptors (Lipinski definition) is 2. The van der Waals surface area contributed by atoms with Crippen LogP contribution in [-0.4, -0.2) is 13.2 Å². The van der Waals surface area contributed by atoms with Crippen molar-refractivity contribution in [1.82, 2.24) is 0 Å². The van der Waals surface area contributed by atoms with Crippen LogP contribution in [0.15, 0.2) is 0 Å². The van der Waals surface area contributed by atoms with E-state index in [-0.39, 0.29) is 0 Å². The van der Waals surface area contributed by atoms with Gasteiger partial charge < -0.3 is 9.47 Å². The van der Waals surface area contributed by atoms with Gasteiger partial charge in [0.1, 0.15) is 11.5 Å². The second-order valence-corrected chi connectivity index (χ2v) is 8.28. The molecule has 0 spiro atoms. The first-order valence-corrected chi connectivity index (χ1v) is 10.3. The summed E-state index contributed by atoms with van der Waals surface area (Å²) in [7, 11) is 0. The summed E-state index contributed by atoms with van der Waals surface area (Å²) >= 11 is 0. The Balaban J connectivity index is 1.82. The minimum Gasteiger partial charge on any atom is -0.493 e. The van der Waals surface area contributed by atoms with Gasteiger partial charge in [-0.3, -0.25) is 0 Å². The van der Waals surface area contributed by atoms with Crippen molar-refractivity contribution < 1.29 is 9.47 Å². The maximum atomic E-state index is 6.39. The van der Waals surface area contributed by atoms with Crippen LogP contribution in [0.3, 0.4) is 0 Å². The summed E-state index contributed by atoms with van der Waals surface area (Å²) in [6.45, 7) is 5.89. The first-order chi connectivity index (χ1) is 11.8.